The van der Waals surface area contributed by atoms with Crippen LogP contribution in [-0.2, 0) is 4.74 Å². The van der Waals surface area contributed by atoms with E-state index in [1.807, 2.05) is 0 Å². The highest BCUT2D eigenvalue weighted by atomic mass is 35.6. The Kier molecular flexibility index (Phi) is 7.52. The minimum absolute atomic E-state index is 0.416. The lowest BCUT2D eigenvalue weighted by Gasteiger charge is -2.33. The van der Waals surface area contributed by atoms with E-state index in [-0.39, 0.29) is 0 Å². The van der Waals surface area contributed by atoms with Crippen molar-refractivity contribution in [3.05, 3.63) is 24.7 Å². The summed E-state index contributed by atoms with van der Waals surface area (Å²) in [5.74, 6) is -0.832. The van der Waals surface area contributed by atoms with Gasteiger partial charge in [-0.2, -0.15) is 0 Å². The first-order chi connectivity index (χ1) is 8.05. The van der Waals surface area contributed by atoms with Gasteiger partial charge in [0.25, 0.3) is 0 Å². The van der Waals surface area contributed by atoms with E-state index in [2.05, 4.69) is 13.2 Å². The minimum atomic E-state index is -2.14. The summed E-state index contributed by atoms with van der Waals surface area (Å²) in [6.07, 6.45) is 0. The lowest BCUT2D eigenvalue weighted by Crippen LogP contribution is -2.38. The molecule has 0 saturated heterocycles. The van der Waals surface area contributed by atoms with E-state index in [1.165, 1.54) is 0 Å². The average Bonchev–Trinajstić information content (AvgIpc) is 2.13. The molecule has 0 unspecified atom stereocenters. The van der Waals surface area contributed by atoms with E-state index < -0.39 is 27.8 Å². The second kappa shape index (κ2) is 6.74. The lowest BCUT2D eigenvalue weighted by molar-refractivity contribution is 0.271. The molecule has 0 aromatic rings. The van der Waals surface area contributed by atoms with Crippen molar-refractivity contribution in [1.29, 1.82) is 0 Å². The third kappa shape index (κ3) is 5.10. The fraction of sp³-hybridized carbons (Fsp3) is 0.500. The fourth-order valence-corrected chi connectivity index (χ4v) is 1.38. The standard InChI is InChI=1S/C8H4Cl10O/c1-3(5(9,10)7(13,14)15)19-4(2)6(11,12)8(16,17)18/h1-2H2. The zero-order chi connectivity index (χ0) is 15.9. The molecule has 0 rings (SSSR count). The second-order valence-corrected chi connectivity index (χ2v) is 10.3. The number of hydrogen-bond donors (Lipinski definition) is 0. The first-order valence-electron chi connectivity index (χ1n) is 4.01. The highest BCUT2D eigenvalue weighted by Gasteiger charge is 2.53. The van der Waals surface area contributed by atoms with Gasteiger partial charge in [-0.15, -0.1) is 0 Å². The topological polar surface area (TPSA) is 9.23 Å². The van der Waals surface area contributed by atoms with Crippen LogP contribution in [0.2, 0.25) is 0 Å². The molecule has 0 saturated carbocycles. The van der Waals surface area contributed by atoms with Gasteiger partial charge in [-0.25, -0.2) is 0 Å². The highest BCUT2D eigenvalue weighted by Crippen LogP contribution is 2.54. The van der Waals surface area contributed by atoms with Gasteiger partial charge in [-0.3, -0.25) is 0 Å². The zero-order valence-electron chi connectivity index (χ0n) is 8.60. The van der Waals surface area contributed by atoms with E-state index >= 15 is 0 Å². The Labute approximate surface area is 160 Å². The molecule has 0 bridgehead atoms. The van der Waals surface area contributed by atoms with Gasteiger partial charge in [0.1, 0.15) is 11.5 Å². The largest absolute Gasteiger partial charge is 0.461 e. The molecule has 19 heavy (non-hydrogen) atoms. The van der Waals surface area contributed by atoms with Crippen LogP contribution < -0.4 is 0 Å². The van der Waals surface area contributed by atoms with Crippen molar-refractivity contribution < 1.29 is 4.74 Å². The van der Waals surface area contributed by atoms with Crippen LogP contribution in [-0.4, -0.2) is 16.3 Å². The molecule has 0 atom stereocenters. The molecule has 112 valence electrons. The summed E-state index contributed by atoms with van der Waals surface area (Å²) in [5.41, 5.74) is 0. The molecular formula is C8H4Cl10O. The second-order valence-electron chi connectivity index (χ2n) is 3.09. The van der Waals surface area contributed by atoms with Gasteiger partial charge in [0.15, 0.2) is 0 Å². The van der Waals surface area contributed by atoms with Crippen molar-refractivity contribution in [2.24, 2.45) is 0 Å². The number of hydrogen-bond acceptors (Lipinski definition) is 1. The Bertz CT molecular complexity index is 338. The van der Waals surface area contributed by atoms with E-state index in [1.54, 1.807) is 0 Å². The van der Waals surface area contributed by atoms with Crippen molar-refractivity contribution in [3.8, 4) is 0 Å². The third-order valence-corrected chi connectivity index (χ3v) is 6.50. The smallest absolute Gasteiger partial charge is 0.230 e. The van der Waals surface area contributed by atoms with Crippen LogP contribution in [0.25, 0.3) is 0 Å². The number of halogens is 10. The van der Waals surface area contributed by atoms with Gasteiger partial charge in [-0.05, 0) is 0 Å². The summed E-state index contributed by atoms with van der Waals surface area (Å²) in [5, 5.41) is 0. The van der Waals surface area contributed by atoms with Gasteiger partial charge < -0.3 is 4.74 Å². The molecule has 0 aromatic carbocycles. The summed E-state index contributed by atoms with van der Waals surface area (Å²) in [4.78, 5) is 0. The zero-order valence-corrected chi connectivity index (χ0v) is 16.2. The molecule has 0 aliphatic carbocycles. The molecule has 11 heteroatoms. The molecule has 0 spiro atoms. The first-order valence-corrected chi connectivity index (χ1v) is 7.78. The highest BCUT2D eigenvalue weighted by molar-refractivity contribution is 6.77. The van der Waals surface area contributed by atoms with Crippen LogP contribution in [0, 0.1) is 0 Å². The number of ether oxygens (including phenoxy) is 1. The van der Waals surface area contributed by atoms with E-state index in [0.717, 1.165) is 0 Å². The van der Waals surface area contributed by atoms with Gasteiger partial charge in [0.2, 0.25) is 16.3 Å². The van der Waals surface area contributed by atoms with Crippen LogP contribution in [0.4, 0.5) is 0 Å². The molecule has 0 N–H and O–H groups in total. The molecule has 0 heterocycles. The normalized spacial score (nSPS) is 14.2. The number of alkyl halides is 10. The van der Waals surface area contributed by atoms with Crippen LogP contribution >= 0.6 is 116 Å². The lowest BCUT2D eigenvalue weighted by atomic mass is 10.3. The molecule has 0 aliphatic heterocycles. The van der Waals surface area contributed by atoms with Crippen LogP contribution in [0.1, 0.15) is 0 Å². The molecule has 0 radical (unpaired) electrons. The van der Waals surface area contributed by atoms with Crippen molar-refractivity contribution >= 4 is 116 Å². The van der Waals surface area contributed by atoms with Crippen molar-refractivity contribution in [3.63, 3.8) is 0 Å². The maximum absolute atomic E-state index is 5.79. The number of rotatable bonds is 4. The maximum Gasteiger partial charge on any atom is 0.230 e. The summed E-state index contributed by atoms with van der Waals surface area (Å²) in [7, 11) is 0. The minimum Gasteiger partial charge on any atom is -0.461 e. The Morgan fingerprint density at radius 1 is 0.579 bits per heavy atom. The van der Waals surface area contributed by atoms with Crippen molar-refractivity contribution in [2.75, 3.05) is 0 Å². The van der Waals surface area contributed by atoms with Crippen LogP contribution in [0.15, 0.2) is 24.7 Å². The SMILES string of the molecule is C=C(OC(=C)C(Cl)(Cl)C(Cl)(Cl)Cl)C(Cl)(Cl)C(Cl)(Cl)Cl. The number of allylic oxidation sites excluding steroid dienone is 2. The predicted octanol–water partition coefficient (Wildman–Crippen LogP) is 7.12. The van der Waals surface area contributed by atoms with Crippen LogP contribution in [0.3, 0.4) is 0 Å². The van der Waals surface area contributed by atoms with Gasteiger partial charge in [-0.1, -0.05) is 129 Å². The quantitative estimate of drug-likeness (QED) is 0.314. The van der Waals surface area contributed by atoms with E-state index in [0.29, 0.717) is 0 Å². The maximum atomic E-state index is 5.79. The molecule has 0 aromatic heterocycles. The molecule has 0 fully saturated rings. The predicted molar refractivity (Wildman–Crippen MR) is 88.8 cm³/mol. The van der Waals surface area contributed by atoms with Gasteiger partial charge in [0, 0.05) is 0 Å². The Morgan fingerprint density at radius 3 is 0.947 bits per heavy atom. The third-order valence-electron chi connectivity index (χ3n) is 1.66. The average molecular weight is 471 g/mol. The summed E-state index contributed by atoms with van der Waals surface area (Å²) >= 11 is 56.5. The molecule has 0 amide bonds. The first kappa shape index (κ1) is 21.2. The van der Waals surface area contributed by atoms with Gasteiger partial charge >= 0.3 is 0 Å². The summed E-state index contributed by atoms with van der Waals surface area (Å²) < 4.78 is -3.50. The summed E-state index contributed by atoms with van der Waals surface area (Å²) in [6.45, 7) is 6.76. The van der Waals surface area contributed by atoms with Gasteiger partial charge in [0.05, 0.1) is 0 Å². The Hall–Kier alpha value is 2.18. The van der Waals surface area contributed by atoms with Crippen LogP contribution in [0.5, 0.6) is 0 Å². The molecule has 1 nitrogen and oxygen atoms in total. The van der Waals surface area contributed by atoms with Crippen molar-refractivity contribution in [1.82, 2.24) is 0 Å². The summed E-state index contributed by atoms with van der Waals surface area (Å²) in [6, 6.07) is 0. The van der Waals surface area contributed by atoms with E-state index in [4.69, 9.17) is 121 Å². The molecular weight excluding hydrogens is 467 g/mol. The Morgan fingerprint density at radius 2 is 0.789 bits per heavy atom. The Balaban J connectivity index is 5.11. The van der Waals surface area contributed by atoms with Crippen molar-refractivity contribution in [2.45, 2.75) is 16.3 Å². The molecule has 0 aliphatic rings. The van der Waals surface area contributed by atoms with E-state index in [9.17, 15) is 0 Å². The monoisotopic (exact) mass is 466 g/mol. The fourth-order valence-electron chi connectivity index (χ4n) is 0.593.